The van der Waals surface area contributed by atoms with Crippen molar-refractivity contribution < 1.29 is 9.53 Å². The molecular formula is C24H25ClN2O2. The standard InChI is InChI=1S/C24H25ClN2O2/c25-19-10-4-8-17-18-9-5-11-20(22(18)27-21(17)19)26-23(28)24(12-14-29-15-13-24)16-6-2-1-3-7-16/h1-4,6-8,10,20,27H,5,9,11-15H2,(H,26,28). The number of para-hydroxylation sites is 1. The third-order valence-corrected chi connectivity index (χ3v) is 6.92. The SMILES string of the molecule is O=C(NC1CCCc2c1[nH]c1c(Cl)cccc21)C1(c2ccccc2)CCOCC1. The minimum Gasteiger partial charge on any atom is -0.381 e. The smallest absolute Gasteiger partial charge is 0.231 e. The number of amides is 1. The fraction of sp³-hybridized carbons (Fsp3) is 0.375. The molecule has 0 bridgehead atoms. The van der Waals surface area contributed by atoms with Crippen LogP contribution in [0.5, 0.6) is 0 Å². The molecule has 1 amide bonds. The summed E-state index contributed by atoms with van der Waals surface area (Å²) in [6, 6.07) is 16.2. The largest absolute Gasteiger partial charge is 0.381 e. The molecule has 2 heterocycles. The Labute approximate surface area is 175 Å². The van der Waals surface area contributed by atoms with Crippen LogP contribution in [0.25, 0.3) is 10.9 Å². The molecule has 4 nitrogen and oxygen atoms in total. The van der Waals surface area contributed by atoms with Gasteiger partial charge in [0.2, 0.25) is 5.91 Å². The normalized spacial score (nSPS) is 20.9. The molecule has 2 N–H and O–H groups in total. The zero-order valence-electron chi connectivity index (χ0n) is 16.3. The van der Waals surface area contributed by atoms with Crippen LogP contribution in [0.4, 0.5) is 0 Å². The molecule has 1 aliphatic carbocycles. The monoisotopic (exact) mass is 408 g/mol. The van der Waals surface area contributed by atoms with Gasteiger partial charge in [-0.3, -0.25) is 4.79 Å². The first-order valence-corrected chi connectivity index (χ1v) is 10.8. The van der Waals surface area contributed by atoms with E-state index < -0.39 is 5.41 Å². The highest BCUT2D eigenvalue weighted by Gasteiger charge is 2.43. The van der Waals surface area contributed by atoms with Crippen LogP contribution in [0.3, 0.4) is 0 Å². The quantitative estimate of drug-likeness (QED) is 0.636. The van der Waals surface area contributed by atoms with Crippen molar-refractivity contribution in [1.29, 1.82) is 0 Å². The molecule has 2 aliphatic rings. The van der Waals surface area contributed by atoms with Crippen LogP contribution in [0, 0.1) is 0 Å². The third kappa shape index (κ3) is 3.15. The van der Waals surface area contributed by atoms with Crippen molar-refractivity contribution in [2.45, 2.75) is 43.6 Å². The Morgan fingerprint density at radius 3 is 2.69 bits per heavy atom. The van der Waals surface area contributed by atoms with E-state index in [0.29, 0.717) is 26.1 Å². The van der Waals surface area contributed by atoms with Crippen molar-refractivity contribution in [2.75, 3.05) is 13.2 Å². The van der Waals surface area contributed by atoms with E-state index in [4.69, 9.17) is 16.3 Å². The maximum Gasteiger partial charge on any atom is 0.231 e. The number of benzene rings is 2. The van der Waals surface area contributed by atoms with Gasteiger partial charge in [0.15, 0.2) is 0 Å². The topological polar surface area (TPSA) is 54.1 Å². The van der Waals surface area contributed by atoms with E-state index in [-0.39, 0.29) is 11.9 Å². The summed E-state index contributed by atoms with van der Waals surface area (Å²) >= 11 is 6.42. The van der Waals surface area contributed by atoms with Crippen LogP contribution in [-0.2, 0) is 21.4 Å². The van der Waals surface area contributed by atoms with Crippen molar-refractivity contribution >= 4 is 28.4 Å². The minimum absolute atomic E-state index is 0.0156. The summed E-state index contributed by atoms with van der Waals surface area (Å²) in [6.45, 7) is 1.22. The van der Waals surface area contributed by atoms with Crippen LogP contribution in [0.1, 0.15) is 48.5 Å². The molecule has 0 saturated carbocycles. The summed E-state index contributed by atoms with van der Waals surface area (Å²) in [6.07, 6.45) is 4.42. The summed E-state index contributed by atoms with van der Waals surface area (Å²) < 4.78 is 5.59. The average molecular weight is 409 g/mol. The van der Waals surface area contributed by atoms with Gasteiger partial charge in [-0.15, -0.1) is 0 Å². The molecule has 3 aromatic rings. The number of nitrogens with one attached hydrogen (secondary N) is 2. The number of aromatic amines is 1. The lowest BCUT2D eigenvalue weighted by atomic mass is 9.73. The lowest BCUT2D eigenvalue weighted by molar-refractivity contribution is -0.131. The lowest BCUT2D eigenvalue weighted by Gasteiger charge is -2.38. The highest BCUT2D eigenvalue weighted by molar-refractivity contribution is 6.35. The van der Waals surface area contributed by atoms with E-state index in [1.165, 1.54) is 10.9 Å². The number of carbonyl (C=O) groups excluding carboxylic acids is 1. The van der Waals surface area contributed by atoms with E-state index in [1.807, 2.05) is 30.3 Å². The zero-order valence-corrected chi connectivity index (χ0v) is 17.1. The van der Waals surface area contributed by atoms with Gasteiger partial charge >= 0.3 is 0 Å². The number of aromatic nitrogens is 1. The first kappa shape index (κ1) is 18.7. The van der Waals surface area contributed by atoms with Crippen molar-refractivity contribution in [3.63, 3.8) is 0 Å². The fourth-order valence-electron chi connectivity index (χ4n) is 5.02. The number of rotatable bonds is 3. The first-order chi connectivity index (χ1) is 14.2. The number of fused-ring (bicyclic) bond motifs is 3. The summed E-state index contributed by atoms with van der Waals surface area (Å²) in [5.74, 6) is 0.106. The second kappa shape index (κ2) is 7.51. The molecule has 29 heavy (non-hydrogen) atoms. The molecule has 5 rings (SSSR count). The molecule has 150 valence electrons. The molecule has 5 heteroatoms. The Morgan fingerprint density at radius 1 is 1.10 bits per heavy atom. The molecule has 1 aliphatic heterocycles. The van der Waals surface area contributed by atoms with Gasteiger partial charge in [-0.25, -0.2) is 0 Å². The van der Waals surface area contributed by atoms with Crippen molar-refractivity contribution in [3.05, 3.63) is 70.4 Å². The minimum atomic E-state index is -0.527. The van der Waals surface area contributed by atoms with Crippen LogP contribution in [0.15, 0.2) is 48.5 Å². The summed E-state index contributed by atoms with van der Waals surface area (Å²) in [4.78, 5) is 17.2. The predicted molar refractivity (Wildman–Crippen MR) is 115 cm³/mol. The van der Waals surface area contributed by atoms with Gasteiger partial charge in [-0.1, -0.05) is 54.1 Å². The molecule has 1 unspecified atom stereocenters. The molecular weight excluding hydrogens is 384 g/mol. The maximum absolute atomic E-state index is 13.7. The van der Waals surface area contributed by atoms with E-state index in [1.54, 1.807) is 0 Å². The van der Waals surface area contributed by atoms with E-state index in [2.05, 4.69) is 28.5 Å². The number of H-pyrrole nitrogens is 1. The zero-order chi connectivity index (χ0) is 19.8. The Balaban J connectivity index is 1.49. The van der Waals surface area contributed by atoms with Crippen molar-refractivity contribution in [1.82, 2.24) is 10.3 Å². The average Bonchev–Trinajstić information content (AvgIpc) is 3.16. The number of carbonyl (C=O) groups is 1. The summed E-state index contributed by atoms with van der Waals surface area (Å²) in [7, 11) is 0. The van der Waals surface area contributed by atoms with Gasteiger partial charge in [-0.05, 0) is 49.3 Å². The molecule has 0 radical (unpaired) electrons. The van der Waals surface area contributed by atoms with Gasteiger partial charge in [0, 0.05) is 24.3 Å². The Kier molecular flexibility index (Phi) is 4.84. The molecule has 1 saturated heterocycles. The van der Waals surface area contributed by atoms with Crippen molar-refractivity contribution in [2.24, 2.45) is 0 Å². The van der Waals surface area contributed by atoms with Crippen LogP contribution in [-0.4, -0.2) is 24.1 Å². The fourth-order valence-corrected chi connectivity index (χ4v) is 5.24. The Hall–Kier alpha value is -2.30. The maximum atomic E-state index is 13.7. The van der Waals surface area contributed by atoms with E-state index in [9.17, 15) is 4.79 Å². The third-order valence-electron chi connectivity index (χ3n) is 6.60. The van der Waals surface area contributed by atoms with E-state index >= 15 is 0 Å². The van der Waals surface area contributed by atoms with Gasteiger partial charge in [0.05, 0.1) is 22.0 Å². The Bertz CT molecular complexity index is 1040. The van der Waals surface area contributed by atoms with Gasteiger partial charge in [0.25, 0.3) is 0 Å². The predicted octanol–water partition coefficient (Wildman–Crippen LogP) is 5.06. The van der Waals surface area contributed by atoms with E-state index in [0.717, 1.165) is 41.1 Å². The number of ether oxygens (including phenoxy) is 1. The van der Waals surface area contributed by atoms with Gasteiger partial charge < -0.3 is 15.0 Å². The van der Waals surface area contributed by atoms with Gasteiger partial charge in [0.1, 0.15) is 0 Å². The summed E-state index contributed by atoms with van der Waals surface area (Å²) in [5.41, 5.74) is 3.93. The second-order valence-corrected chi connectivity index (χ2v) is 8.57. The lowest BCUT2D eigenvalue weighted by Crippen LogP contribution is -2.49. The molecule has 1 atom stereocenters. The van der Waals surface area contributed by atoms with Crippen LogP contribution < -0.4 is 5.32 Å². The highest BCUT2D eigenvalue weighted by atomic mass is 35.5. The number of hydrogen-bond acceptors (Lipinski definition) is 2. The molecule has 0 spiro atoms. The number of aryl methyl sites for hydroxylation is 1. The second-order valence-electron chi connectivity index (χ2n) is 8.16. The van der Waals surface area contributed by atoms with Crippen LogP contribution >= 0.6 is 11.6 Å². The highest BCUT2D eigenvalue weighted by Crippen LogP contribution is 2.39. The Morgan fingerprint density at radius 2 is 1.90 bits per heavy atom. The van der Waals surface area contributed by atoms with Crippen LogP contribution in [0.2, 0.25) is 5.02 Å². The number of halogens is 1. The summed E-state index contributed by atoms with van der Waals surface area (Å²) in [5, 5.41) is 5.30. The van der Waals surface area contributed by atoms with Crippen molar-refractivity contribution in [3.8, 4) is 0 Å². The first-order valence-electron chi connectivity index (χ1n) is 10.4. The molecule has 1 aromatic heterocycles. The molecule has 1 fully saturated rings. The molecule has 2 aromatic carbocycles. The van der Waals surface area contributed by atoms with Gasteiger partial charge in [-0.2, -0.15) is 0 Å². The number of hydrogen-bond donors (Lipinski definition) is 2.